The number of para-hydroxylation sites is 2. The van der Waals surface area contributed by atoms with Crippen molar-refractivity contribution in [1.82, 2.24) is 0 Å². The van der Waals surface area contributed by atoms with Gasteiger partial charge in [0.2, 0.25) is 6.10 Å². The highest BCUT2D eigenvalue weighted by atomic mass is 79.9. The zero-order chi connectivity index (χ0) is 15.7. The molecule has 0 aliphatic carbocycles. The normalized spacial score (nSPS) is 16.2. The molecule has 0 spiro atoms. The number of carbonyl (C=O) groups excluding carboxylic acids is 1. The minimum atomic E-state index is -0.825. The summed E-state index contributed by atoms with van der Waals surface area (Å²) in [6.07, 6.45) is -0.825. The summed E-state index contributed by atoms with van der Waals surface area (Å²) in [6, 6.07) is 10.7. The Labute approximate surface area is 141 Å². The second-order valence-electron chi connectivity index (χ2n) is 4.82. The first-order valence-electron chi connectivity index (χ1n) is 6.60. The highest BCUT2D eigenvalue weighted by molar-refractivity contribution is 9.10. The standard InChI is InChI=1S/C16H12BrClO4/c1-9-6-10(17)7-11(18)15(9)22-16(19)14-8-20-12-4-2-3-5-13(12)21-14/h2-7,14H,8H2,1H3. The predicted octanol–water partition coefficient (Wildman–Crippen LogP) is 4.16. The van der Waals surface area contributed by atoms with Crippen LogP contribution in [-0.2, 0) is 4.79 Å². The lowest BCUT2D eigenvalue weighted by molar-refractivity contribution is -0.144. The zero-order valence-corrected chi connectivity index (χ0v) is 14.0. The van der Waals surface area contributed by atoms with E-state index in [4.69, 9.17) is 25.8 Å². The molecule has 2 aromatic carbocycles. The summed E-state index contributed by atoms with van der Waals surface area (Å²) in [5.41, 5.74) is 0.754. The summed E-state index contributed by atoms with van der Waals surface area (Å²) >= 11 is 9.46. The van der Waals surface area contributed by atoms with Gasteiger partial charge in [0.15, 0.2) is 17.2 Å². The van der Waals surface area contributed by atoms with Gasteiger partial charge in [0.1, 0.15) is 6.61 Å². The third-order valence-corrected chi connectivity index (χ3v) is 3.91. The molecule has 0 saturated carbocycles. The summed E-state index contributed by atoms with van der Waals surface area (Å²) in [4.78, 5) is 12.3. The number of hydrogen-bond donors (Lipinski definition) is 0. The molecule has 6 heteroatoms. The van der Waals surface area contributed by atoms with Crippen molar-refractivity contribution in [2.45, 2.75) is 13.0 Å². The van der Waals surface area contributed by atoms with Crippen molar-refractivity contribution >= 4 is 33.5 Å². The van der Waals surface area contributed by atoms with E-state index in [0.717, 1.165) is 10.0 Å². The van der Waals surface area contributed by atoms with E-state index >= 15 is 0 Å². The molecule has 0 aromatic heterocycles. The quantitative estimate of drug-likeness (QED) is 0.577. The van der Waals surface area contributed by atoms with Gasteiger partial charge in [0.05, 0.1) is 5.02 Å². The predicted molar refractivity (Wildman–Crippen MR) is 85.9 cm³/mol. The molecule has 22 heavy (non-hydrogen) atoms. The van der Waals surface area contributed by atoms with E-state index in [0.29, 0.717) is 22.3 Å². The average Bonchev–Trinajstić information content (AvgIpc) is 2.50. The van der Waals surface area contributed by atoms with E-state index < -0.39 is 12.1 Å². The van der Waals surface area contributed by atoms with Crippen molar-refractivity contribution in [1.29, 1.82) is 0 Å². The molecule has 0 bridgehead atoms. The number of halogens is 2. The van der Waals surface area contributed by atoms with Crippen molar-refractivity contribution in [2.75, 3.05) is 6.61 Å². The Balaban J connectivity index is 1.77. The van der Waals surface area contributed by atoms with Crippen LogP contribution in [0.5, 0.6) is 17.2 Å². The van der Waals surface area contributed by atoms with Gasteiger partial charge in [-0.25, -0.2) is 4.79 Å². The highest BCUT2D eigenvalue weighted by Crippen LogP contribution is 2.34. The Morgan fingerprint density at radius 2 is 2.05 bits per heavy atom. The monoisotopic (exact) mass is 382 g/mol. The highest BCUT2D eigenvalue weighted by Gasteiger charge is 2.29. The van der Waals surface area contributed by atoms with E-state index in [2.05, 4.69) is 15.9 Å². The second-order valence-corrected chi connectivity index (χ2v) is 6.14. The van der Waals surface area contributed by atoms with E-state index in [1.54, 1.807) is 18.2 Å². The van der Waals surface area contributed by atoms with Crippen LogP contribution in [0.1, 0.15) is 5.56 Å². The largest absolute Gasteiger partial charge is 0.485 e. The van der Waals surface area contributed by atoms with E-state index in [1.165, 1.54) is 0 Å². The fraction of sp³-hybridized carbons (Fsp3) is 0.188. The molecular weight excluding hydrogens is 372 g/mol. The van der Waals surface area contributed by atoms with Crippen LogP contribution in [0.15, 0.2) is 40.9 Å². The number of fused-ring (bicyclic) bond motifs is 1. The maximum absolute atomic E-state index is 12.3. The summed E-state index contributed by atoms with van der Waals surface area (Å²) in [5, 5.41) is 0.359. The van der Waals surface area contributed by atoms with Crippen LogP contribution in [-0.4, -0.2) is 18.7 Å². The van der Waals surface area contributed by atoms with Crippen LogP contribution in [0.4, 0.5) is 0 Å². The number of esters is 1. The van der Waals surface area contributed by atoms with E-state index in [1.807, 2.05) is 25.1 Å². The fourth-order valence-corrected chi connectivity index (χ4v) is 3.13. The molecule has 1 aliphatic heterocycles. The van der Waals surface area contributed by atoms with E-state index in [9.17, 15) is 4.79 Å². The topological polar surface area (TPSA) is 44.8 Å². The molecule has 3 rings (SSSR count). The van der Waals surface area contributed by atoms with Crippen LogP contribution in [0.2, 0.25) is 5.02 Å². The second kappa shape index (κ2) is 6.18. The molecule has 1 heterocycles. The van der Waals surface area contributed by atoms with Crippen molar-refractivity contribution in [3.8, 4) is 17.2 Å². The molecule has 0 radical (unpaired) electrons. The first-order chi connectivity index (χ1) is 10.5. The minimum Gasteiger partial charge on any atom is -0.485 e. The van der Waals surface area contributed by atoms with Crippen molar-refractivity contribution < 1.29 is 19.0 Å². The molecule has 0 saturated heterocycles. The first kappa shape index (κ1) is 15.2. The number of ether oxygens (including phenoxy) is 3. The molecule has 4 nitrogen and oxygen atoms in total. The molecular formula is C16H12BrClO4. The number of rotatable bonds is 2. The summed E-state index contributed by atoms with van der Waals surface area (Å²) < 4.78 is 17.3. The van der Waals surface area contributed by atoms with Crippen LogP contribution >= 0.6 is 27.5 Å². The Morgan fingerprint density at radius 3 is 2.77 bits per heavy atom. The molecule has 1 atom stereocenters. The molecule has 0 fully saturated rings. The van der Waals surface area contributed by atoms with Gasteiger partial charge in [-0.2, -0.15) is 0 Å². The maximum atomic E-state index is 12.3. The van der Waals surface area contributed by atoms with Crippen LogP contribution < -0.4 is 14.2 Å². The lowest BCUT2D eigenvalue weighted by Crippen LogP contribution is -2.39. The van der Waals surface area contributed by atoms with Gasteiger partial charge in [0, 0.05) is 4.47 Å². The van der Waals surface area contributed by atoms with Gasteiger partial charge in [-0.05, 0) is 36.8 Å². The molecule has 0 N–H and O–H groups in total. The number of benzene rings is 2. The molecule has 114 valence electrons. The van der Waals surface area contributed by atoms with Crippen LogP contribution in [0.3, 0.4) is 0 Å². The van der Waals surface area contributed by atoms with Gasteiger partial charge in [-0.15, -0.1) is 0 Å². The van der Waals surface area contributed by atoms with Gasteiger partial charge in [0.25, 0.3) is 0 Å². The Kier molecular flexibility index (Phi) is 4.27. The lowest BCUT2D eigenvalue weighted by atomic mass is 10.2. The van der Waals surface area contributed by atoms with E-state index in [-0.39, 0.29) is 6.61 Å². The van der Waals surface area contributed by atoms with Crippen molar-refractivity contribution in [3.63, 3.8) is 0 Å². The van der Waals surface area contributed by atoms with Crippen LogP contribution in [0.25, 0.3) is 0 Å². The smallest absolute Gasteiger partial charge is 0.356 e. The fourth-order valence-electron chi connectivity index (χ4n) is 2.12. The Bertz CT molecular complexity index is 709. The molecule has 1 aliphatic rings. The van der Waals surface area contributed by atoms with Crippen LogP contribution in [0, 0.1) is 6.92 Å². The van der Waals surface area contributed by atoms with Crippen molar-refractivity contribution in [3.05, 3.63) is 51.5 Å². The van der Waals surface area contributed by atoms with Gasteiger partial charge >= 0.3 is 5.97 Å². The van der Waals surface area contributed by atoms with Gasteiger partial charge in [-0.1, -0.05) is 39.7 Å². The average molecular weight is 384 g/mol. The summed E-state index contributed by atoms with van der Waals surface area (Å²) in [5.74, 6) is 0.929. The van der Waals surface area contributed by atoms with Crippen molar-refractivity contribution in [2.24, 2.45) is 0 Å². The third kappa shape index (κ3) is 3.05. The zero-order valence-electron chi connectivity index (χ0n) is 11.6. The number of aryl methyl sites for hydroxylation is 1. The SMILES string of the molecule is Cc1cc(Br)cc(Cl)c1OC(=O)C1COc2ccccc2O1. The summed E-state index contributed by atoms with van der Waals surface area (Å²) in [7, 11) is 0. The minimum absolute atomic E-state index is 0.100. The summed E-state index contributed by atoms with van der Waals surface area (Å²) in [6.45, 7) is 1.91. The third-order valence-electron chi connectivity index (χ3n) is 3.17. The van der Waals surface area contributed by atoms with Gasteiger partial charge in [-0.3, -0.25) is 0 Å². The maximum Gasteiger partial charge on any atom is 0.356 e. The molecule has 2 aromatic rings. The first-order valence-corrected chi connectivity index (χ1v) is 7.77. The Morgan fingerprint density at radius 1 is 1.32 bits per heavy atom. The Hall–Kier alpha value is -1.72. The van der Waals surface area contributed by atoms with Gasteiger partial charge < -0.3 is 14.2 Å². The number of carbonyl (C=O) groups is 1. The number of hydrogen-bond acceptors (Lipinski definition) is 4. The molecule has 1 unspecified atom stereocenters. The molecule has 0 amide bonds. The lowest BCUT2D eigenvalue weighted by Gasteiger charge is -2.25.